The third-order valence-electron chi connectivity index (χ3n) is 4.38. The van der Waals surface area contributed by atoms with Gasteiger partial charge in [0.2, 0.25) is 5.91 Å². The van der Waals surface area contributed by atoms with Crippen molar-refractivity contribution in [1.82, 2.24) is 10.2 Å². The molecule has 0 aromatic heterocycles. The zero-order valence-electron chi connectivity index (χ0n) is 15.7. The van der Waals surface area contributed by atoms with Crippen molar-refractivity contribution in [2.75, 3.05) is 44.2 Å². The molecule has 26 heavy (non-hydrogen) atoms. The molecule has 0 spiro atoms. The van der Waals surface area contributed by atoms with E-state index in [0.717, 1.165) is 31.9 Å². The van der Waals surface area contributed by atoms with Gasteiger partial charge in [0.1, 0.15) is 5.82 Å². The van der Waals surface area contributed by atoms with Crippen LogP contribution in [-0.4, -0.2) is 56.0 Å². The van der Waals surface area contributed by atoms with Crippen molar-refractivity contribution in [2.24, 2.45) is 16.1 Å². The Kier molecular flexibility index (Phi) is 8.58. The second-order valence-corrected chi connectivity index (χ2v) is 6.87. The van der Waals surface area contributed by atoms with Crippen molar-refractivity contribution in [3.8, 4) is 0 Å². The number of carbonyl (C=O) groups excluding carboxylic acids is 1. The highest BCUT2D eigenvalue weighted by Gasteiger charge is 2.27. The molecule has 0 bridgehead atoms. The number of halogens is 2. The van der Waals surface area contributed by atoms with E-state index >= 15 is 0 Å². The minimum absolute atomic E-state index is 0. The second-order valence-electron chi connectivity index (χ2n) is 6.87. The smallest absolute Gasteiger partial charge is 0.227 e. The number of nitrogens with zero attached hydrogens (tertiary/aromatic N) is 3. The number of anilines is 1. The van der Waals surface area contributed by atoms with Gasteiger partial charge in [0.25, 0.3) is 0 Å². The summed E-state index contributed by atoms with van der Waals surface area (Å²) in [6.45, 7) is 9.65. The average Bonchev–Trinajstić information content (AvgIpc) is 2.61. The summed E-state index contributed by atoms with van der Waals surface area (Å²) in [6.07, 6.45) is 0. The first kappa shape index (κ1) is 22.5. The third-order valence-corrected chi connectivity index (χ3v) is 4.38. The topological polar surface area (TPSA) is 74.0 Å². The lowest BCUT2D eigenvalue weighted by molar-refractivity contribution is -0.128. The molecule has 1 aliphatic heterocycles. The zero-order valence-corrected chi connectivity index (χ0v) is 18.0. The van der Waals surface area contributed by atoms with E-state index in [0.29, 0.717) is 19.0 Å². The second kappa shape index (κ2) is 9.94. The van der Waals surface area contributed by atoms with Gasteiger partial charge in [0.05, 0.1) is 12.0 Å². The van der Waals surface area contributed by atoms with Gasteiger partial charge in [-0.3, -0.25) is 9.79 Å². The predicted octanol–water partition coefficient (Wildman–Crippen LogP) is 2.04. The van der Waals surface area contributed by atoms with Gasteiger partial charge in [-0.2, -0.15) is 0 Å². The average molecular weight is 477 g/mol. The maximum absolute atomic E-state index is 13.0. The molecule has 1 amide bonds. The zero-order chi connectivity index (χ0) is 18.4. The highest BCUT2D eigenvalue weighted by molar-refractivity contribution is 14.0. The molecule has 1 heterocycles. The van der Waals surface area contributed by atoms with Gasteiger partial charge in [0, 0.05) is 38.4 Å². The molecule has 3 N–H and O–H groups in total. The molecule has 2 rings (SSSR count). The van der Waals surface area contributed by atoms with Crippen LogP contribution in [0.25, 0.3) is 0 Å². The van der Waals surface area contributed by atoms with Gasteiger partial charge in [0.15, 0.2) is 5.96 Å². The van der Waals surface area contributed by atoms with E-state index < -0.39 is 5.41 Å². The van der Waals surface area contributed by atoms with Crippen LogP contribution in [0.5, 0.6) is 0 Å². The molecule has 8 heteroatoms. The Morgan fingerprint density at radius 1 is 1.23 bits per heavy atom. The Labute approximate surface area is 172 Å². The molecule has 146 valence electrons. The standard InChI is InChI=1S/C18H28FN5O.HI/c1-4-21-16(25)18(2,3)13-22-17(20)24-11-9-23(10-12-24)15-7-5-14(19)6-8-15;/h5-8H,4,9-13H2,1-3H3,(H2,20,22)(H,21,25);1H. The molecule has 1 aromatic carbocycles. The van der Waals surface area contributed by atoms with Gasteiger partial charge < -0.3 is 20.9 Å². The summed E-state index contributed by atoms with van der Waals surface area (Å²) in [6, 6.07) is 6.52. The van der Waals surface area contributed by atoms with Crippen molar-refractivity contribution in [1.29, 1.82) is 0 Å². The van der Waals surface area contributed by atoms with E-state index in [1.54, 1.807) is 12.1 Å². The number of piperazine rings is 1. The highest BCUT2D eigenvalue weighted by atomic mass is 127. The largest absolute Gasteiger partial charge is 0.370 e. The van der Waals surface area contributed by atoms with Crippen LogP contribution < -0.4 is 16.0 Å². The number of rotatable bonds is 5. The fourth-order valence-corrected chi connectivity index (χ4v) is 2.70. The van der Waals surface area contributed by atoms with Crippen LogP contribution in [0, 0.1) is 11.2 Å². The lowest BCUT2D eigenvalue weighted by atomic mass is 9.92. The van der Waals surface area contributed by atoms with E-state index in [9.17, 15) is 9.18 Å². The first-order chi connectivity index (χ1) is 11.8. The van der Waals surface area contributed by atoms with Crippen molar-refractivity contribution >= 4 is 41.5 Å². The molecular weight excluding hydrogens is 448 g/mol. The van der Waals surface area contributed by atoms with Crippen molar-refractivity contribution < 1.29 is 9.18 Å². The first-order valence-corrected chi connectivity index (χ1v) is 8.67. The number of amides is 1. The van der Waals surface area contributed by atoms with Crippen LogP contribution in [0.2, 0.25) is 0 Å². The Morgan fingerprint density at radius 3 is 2.35 bits per heavy atom. The van der Waals surface area contributed by atoms with Crippen LogP contribution in [0.4, 0.5) is 10.1 Å². The molecule has 0 radical (unpaired) electrons. The normalized spacial score (nSPS) is 15.5. The maximum atomic E-state index is 13.0. The minimum Gasteiger partial charge on any atom is -0.370 e. The summed E-state index contributed by atoms with van der Waals surface area (Å²) >= 11 is 0. The summed E-state index contributed by atoms with van der Waals surface area (Å²) in [5.41, 5.74) is 6.53. The molecule has 0 saturated carbocycles. The first-order valence-electron chi connectivity index (χ1n) is 8.67. The summed E-state index contributed by atoms with van der Waals surface area (Å²) in [5.74, 6) is 0.220. The van der Waals surface area contributed by atoms with Crippen LogP contribution >= 0.6 is 24.0 Å². The van der Waals surface area contributed by atoms with E-state index in [1.807, 2.05) is 25.7 Å². The van der Waals surface area contributed by atoms with E-state index in [1.165, 1.54) is 12.1 Å². The van der Waals surface area contributed by atoms with Gasteiger partial charge >= 0.3 is 0 Å². The number of hydrogen-bond acceptors (Lipinski definition) is 3. The number of hydrogen-bond donors (Lipinski definition) is 2. The Balaban J connectivity index is 0.00000338. The Morgan fingerprint density at radius 2 is 1.81 bits per heavy atom. The lowest BCUT2D eigenvalue weighted by Gasteiger charge is -2.36. The molecule has 1 aliphatic rings. The van der Waals surface area contributed by atoms with Crippen molar-refractivity contribution in [2.45, 2.75) is 20.8 Å². The molecule has 0 atom stereocenters. The van der Waals surface area contributed by atoms with E-state index in [4.69, 9.17) is 5.73 Å². The fraction of sp³-hybridized carbons (Fsp3) is 0.556. The summed E-state index contributed by atoms with van der Waals surface area (Å²) in [5, 5.41) is 2.82. The quantitative estimate of drug-likeness (QED) is 0.387. The molecule has 0 aliphatic carbocycles. The molecule has 1 aromatic rings. The number of benzene rings is 1. The summed E-state index contributed by atoms with van der Waals surface area (Å²) in [4.78, 5) is 20.7. The molecule has 0 unspecified atom stereocenters. The van der Waals surface area contributed by atoms with E-state index in [2.05, 4.69) is 15.2 Å². The molecule has 6 nitrogen and oxygen atoms in total. The predicted molar refractivity (Wildman–Crippen MR) is 115 cm³/mol. The summed E-state index contributed by atoms with van der Waals surface area (Å²) < 4.78 is 13.0. The number of aliphatic imine (C=N–C) groups is 1. The Hall–Kier alpha value is -1.58. The molecule has 1 fully saturated rings. The number of nitrogens with two attached hydrogens (primary N) is 1. The number of guanidine groups is 1. The minimum atomic E-state index is -0.587. The summed E-state index contributed by atoms with van der Waals surface area (Å²) in [7, 11) is 0. The van der Waals surface area contributed by atoms with Crippen LogP contribution in [0.1, 0.15) is 20.8 Å². The molecule has 1 saturated heterocycles. The number of carbonyl (C=O) groups is 1. The number of nitrogens with one attached hydrogen (secondary N) is 1. The van der Waals surface area contributed by atoms with Crippen molar-refractivity contribution in [3.05, 3.63) is 30.1 Å². The fourth-order valence-electron chi connectivity index (χ4n) is 2.70. The maximum Gasteiger partial charge on any atom is 0.227 e. The SMILES string of the molecule is CCNC(=O)C(C)(C)CN=C(N)N1CCN(c2ccc(F)cc2)CC1.I. The monoisotopic (exact) mass is 477 g/mol. The van der Waals surface area contributed by atoms with Crippen LogP contribution in [0.3, 0.4) is 0 Å². The lowest BCUT2D eigenvalue weighted by Crippen LogP contribution is -2.51. The van der Waals surface area contributed by atoms with Crippen LogP contribution in [0.15, 0.2) is 29.3 Å². The van der Waals surface area contributed by atoms with E-state index in [-0.39, 0.29) is 35.7 Å². The molecular formula is C18H29FIN5O. The van der Waals surface area contributed by atoms with Gasteiger partial charge in [-0.1, -0.05) is 0 Å². The van der Waals surface area contributed by atoms with Gasteiger partial charge in [-0.15, -0.1) is 24.0 Å². The van der Waals surface area contributed by atoms with Crippen molar-refractivity contribution in [3.63, 3.8) is 0 Å². The third kappa shape index (κ3) is 6.00. The Bertz CT molecular complexity index is 613. The van der Waals surface area contributed by atoms with Gasteiger partial charge in [-0.05, 0) is 45.0 Å². The highest BCUT2D eigenvalue weighted by Crippen LogP contribution is 2.18. The van der Waals surface area contributed by atoms with Crippen LogP contribution in [-0.2, 0) is 4.79 Å². The van der Waals surface area contributed by atoms with Gasteiger partial charge in [-0.25, -0.2) is 4.39 Å².